The molecule has 0 unspecified atom stereocenters. The number of carbonyl (C=O) groups excluding carboxylic acids is 1. The van der Waals surface area contributed by atoms with Crippen LogP contribution in [0, 0.1) is 0 Å². The smallest absolute Gasteiger partial charge is 0.225 e. The number of nitrogens with zero attached hydrogens (tertiary/aromatic N) is 3. The van der Waals surface area contributed by atoms with Crippen LogP contribution in [0.5, 0.6) is 0 Å². The summed E-state index contributed by atoms with van der Waals surface area (Å²) in [6.07, 6.45) is 5.27. The number of aromatic nitrogens is 2. The van der Waals surface area contributed by atoms with E-state index >= 15 is 0 Å². The zero-order valence-electron chi connectivity index (χ0n) is 16.8. The van der Waals surface area contributed by atoms with E-state index in [1.54, 1.807) is 12.4 Å². The molecule has 2 aliphatic rings. The Balaban J connectivity index is 1.40. The van der Waals surface area contributed by atoms with Crippen LogP contribution < -0.4 is 10.2 Å². The van der Waals surface area contributed by atoms with Crippen molar-refractivity contribution >= 4 is 11.9 Å². The van der Waals surface area contributed by atoms with E-state index in [-0.39, 0.29) is 18.1 Å². The summed E-state index contributed by atoms with van der Waals surface area (Å²) in [7, 11) is 0. The summed E-state index contributed by atoms with van der Waals surface area (Å²) in [5, 5.41) is 13.7. The summed E-state index contributed by atoms with van der Waals surface area (Å²) in [5.41, 5.74) is -0.101. The van der Waals surface area contributed by atoms with E-state index in [4.69, 9.17) is 4.74 Å². The summed E-state index contributed by atoms with van der Waals surface area (Å²) >= 11 is 0. The summed E-state index contributed by atoms with van der Waals surface area (Å²) in [4.78, 5) is 23.5. The van der Waals surface area contributed by atoms with Gasteiger partial charge in [0.05, 0.1) is 24.2 Å². The molecule has 3 heterocycles. The number of hydrogen-bond donors (Lipinski definition) is 2. The number of anilines is 1. The van der Waals surface area contributed by atoms with Gasteiger partial charge in [0, 0.05) is 31.9 Å². The van der Waals surface area contributed by atoms with E-state index in [1.807, 2.05) is 43.3 Å². The van der Waals surface area contributed by atoms with Crippen LogP contribution in [0.25, 0.3) is 0 Å². The second-order valence-corrected chi connectivity index (χ2v) is 8.35. The van der Waals surface area contributed by atoms with Crippen molar-refractivity contribution in [3.8, 4) is 0 Å². The molecule has 1 aromatic carbocycles. The maximum Gasteiger partial charge on any atom is 0.225 e. The van der Waals surface area contributed by atoms with E-state index < -0.39 is 11.6 Å². The van der Waals surface area contributed by atoms with Gasteiger partial charge in [-0.15, -0.1) is 0 Å². The molecule has 2 atom stereocenters. The Kier molecular flexibility index (Phi) is 5.52. The molecule has 0 aliphatic carbocycles. The van der Waals surface area contributed by atoms with Gasteiger partial charge in [0.1, 0.15) is 6.10 Å². The Bertz CT molecular complexity index is 824. The highest BCUT2D eigenvalue weighted by Crippen LogP contribution is 2.40. The number of aliphatic hydroxyl groups excluding tert-OH is 1. The number of rotatable bonds is 4. The van der Waals surface area contributed by atoms with E-state index in [1.165, 1.54) is 0 Å². The summed E-state index contributed by atoms with van der Waals surface area (Å²) in [5.74, 6) is 0.655. The average molecular weight is 396 g/mol. The quantitative estimate of drug-likeness (QED) is 0.818. The van der Waals surface area contributed by atoms with Gasteiger partial charge in [-0.2, -0.15) is 0 Å². The third-order valence-electron chi connectivity index (χ3n) is 6.11. The van der Waals surface area contributed by atoms with Crippen molar-refractivity contribution in [1.29, 1.82) is 0 Å². The van der Waals surface area contributed by atoms with Gasteiger partial charge >= 0.3 is 0 Å². The molecular formula is C22H28N4O3. The Morgan fingerprint density at radius 3 is 2.59 bits per heavy atom. The molecule has 2 saturated heterocycles. The highest BCUT2D eigenvalue weighted by molar-refractivity contribution is 5.79. The first-order valence-electron chi connectivity index (χ1n) is 10.2. The van der Waals surface area contributed by atoms with Crippen LogP contribution in [0.1, 0.15) is 31.7 Å². The molecule has 1 aromatic heterocycles. The van der Waals surface area contributed by atoms with Gasteiger partial charge in [-0.1, -0.05) is 30.3 Å². The monoisotopic (exact) mass is 396 g/mol. The molecule has 4 rings (SSSR count). The average Bonchev–Trinajstić information content (AvgIpc) is 2.73. The van der Waals surface area contributed by atoms with Crippen molar-refractivity contribution in [2.45, 2.75) is 49.9 Å². The Labute approximate surface area is 171 Å². The van der Waals surface area contributed by atoms with Crippen molar-refractivity contribution in [3.63, 3.8) is 0 Å². The van der Waals surface area contributed by atoms with Gasteiger partial charge in [-0.25, -0.2) is 9.97 Å². The van der Waals surface area contributed by atoms with Crippen LogP contribution in [0.3, 0.4) is 0 Å². The van der Waals surface area contributed by atoms with Crippen LogP contribution in [0.2, 0.25) is 0 Å². The fraction of sp³-hybridized carbons (Fsp3) is 0.500. The van der Waals surface area contributed by atoms with Gasteiger partial charge in [-0.3, -0.25) is 4.79 Å². The normalized spacial score (nSPS) is 26.3. The molecule has 2 fully saturated rings. The largest absolute Gasteiger partial charge is 0.388 e. The van der Waals surface area contributed by atoms with Crippen molar-refractivity contribution in [2.75, 3.05) is 24.6 Å². The standard InChI is InChI=1S/C22H28N4O3/c1-21(25-19(28)14-17-6-3-2-4-7-17)16-22(29-15-18(21)27)8-12-26(13-9-22)20-23-10-5-11-24-20/h2-7,10-11,18,27H,8-9,12-16H2,1H3,(H,25,28)/t18-,21-/m1/s1. The Morgan fingerprint density at radius 2 is 1.90 bits per heavy atom. The van der Waals surface area contributed by atoms with Crippen LogP contribution in [0.4, 0.5) is 5.95 Å². The second-order valence-electron chi connectivity index (χ2n) is 8.35. The minimum Gasteiger partial charge on any atom is -0.388 e. The number of aliphatic hydroxyl groups is 1. The lowest BCUT2D eigenvalue weighted by Gasteiger charge is -2.52. The first-order chi connectivity index (χ1) is 14.0. The van der Waals surface area contributed by atoms with Crippen LogP contribution in [0.15, 0.2) is 48.8 Å². The molecule has 0 saturated carbocycles. The van der Waals surface area contributed by atoms with Crippen LogP contribution >= 0.6 is 0 Å². The number of piperidine rings is 1. The molecule has 1 spiro atoms. The Hall–Kier alpha value is -2.51. The highest BCUT2D eigenvalue weighted by Gasteiger charge is 2.50. The lowest BCUT2D eigenvalue weighted by molar-refractivity contribution is -0.172. The molecule has 1 amide bonds. The predicted octanol–water partition coefficient (Wildman–Crippen LogP) is 1.71. The molecule has 2 N–H and O–H groups in total. The molecule has 29 heavy (non-hydrogen) atoms. The molecular weight excluding hydrogens is 368 g/mol. The zero-order chi connectivity index (χ0) is 20.3. The lowest BCUT2D eigenvalue weighted by Crippen LogP contribution is -2.65. The topological polar surface area (TPSA) is 87.6 Å². The Morgan fingerprint density at radius 1 is 1.21 bits per heavy atom. The second kappa shape index (κ2) is 8.08. The van der Waals surface area contributed by atoms with Gasteiger partial charge in [0.15, 0.2) is 0 Å². The highest BCUT2D eigenvalue weighted by atomic mass is 16.5. The molecule has 154 valence electrons. The van der Waals surface area contributed by atoms with Crippen LogP contribution in [-0.4, -0.2) is 57.9 Å². The summed E-state index contributed by atoms with van der Waals surface area (Å²) in [6, 6.07) is 11.5. The minimum absolute atomic E-state index is 0.0788. The van der Waals surface area contributed by atoms with E-state index in [0.29, 0.717) is 12.8 Å². The van der Waals surface area contributed by atoms with E-state index in [2.05, 4.69) is 20.2 Å². The van der Waals surface area contributed by atoms with Gasteiger partial charge in [-0.05, 0) is 31.4 Å². The number of benzene rings is 1. The maximum absolute atomic E-state index is 12.7. The van der Waals surface area contributed by atoms with Crippen molar-refractivity contribution in [3.05, 3.63) is 54.4 Å². The lowest BCUT2D eigenvalue weighted by atomic mass is 9.74. The van der Waals surface area contributed by atoms with Crippen molar-refractivity contribution < 1.29 is 14.6 Å². The molecule has 0 bridgehead atoms. The molecule has 2 aliphatic heterocycles. The van der Waals surface area contributed by atoms with Gasteiger partial charge in [0.2, 0.25) is 11.9 Å². The van der Waals surface area contributed by atoms with E-state index in [0.717, 1.165) is 37.4 Å². The molecule has 2 aromatic rings. The minimum atomic E-state index is -0.733. The SMILES string of the molecule is C[C@@]1(NC(=O)Cc2ccccc2)CC2(CCN(c3ncccn3)CC2)OC[C@H]1O. The maximum atomic E-state index is 12.7. The van der Waals surface area contributed by atoms with Crippen molar-refractivity contribution in [2.24, 2.45) is 0 Å². The molecule has 0 radical (unpaired) electrons. The van der Waals surface area contributed by atoms with Crippen LogP contribution in [-0.2, 0) is 16.0 Å². The van der Waals surface area contributed by atoms with Gasteiger partial charge in [0.25, 0.3) is 0 Å². The number of carbonyl (C=O) groups is 1. The first-order valence-corrected chi connectivity index (χ1v) is 10.2. The fourth-order valence-corrected chi connectivity index (χ4v) is 4.44. The third-order valence-corrected chi connectivity index (χ3v) is 6.11. The van der Waals surface area contributed by atoms with Crippen molar-refractivity contribution in [1.82, 2.24) is 15.3 Å². The number of hydrogen-bond acceptors (Lipinski definition) is 6. The molecule has 7 heteroatoms. The van der Waals surface area contributed by atoms with E-state index in [9.17, 15) is 9.90 Å². The summed E-state index contributed by atoms with van der Waals surface area (Å²) < 4.78 is 6.13. The number of nitrogens with one attached hydrogen (secondary N) is 1. The number of amides is 1. The van der Waals surface area contributed by atoms with Gasteiger partial charge < -0.3 is 20.1 Å². The summed E-state index contributed by atoms with van der Waals surface area (Å²) in [6.45, 7) is 3.73. The fourth-order valence-electron chi connectivity index (χ4n) is 4.44. The first kappa shape index (κ1) is 19.8. The molecule has 7 nitrogen and oxygen atoms in total. The third kappa shape index (κ3) is 4.41. The predicted molar refractivity (Wildman–Crippen MR) is 109 cm³/mol. The number of ether oxygens (including phenoxy) is 1. The zero-order valence-corrected chi connectivity index (χ0v) is 16.8.